The van der Waals surface area contributed by atoms with Gasteiger partial charge in [-0.25, -0.2) is 0 Å². The van der Waals surface area contributed by atoms with Crippen LogP contribution in [-0.2, 0) is 4.79 Å². The maximum Gasteiger partial charge on any atom is 0.230 e. The number of hydrogen-bond acceptors (Lipinski definition) is 3. The van der Waals surface area contributed by atoms with Crippen molar-refractivity contribution in [2.24, 2.45) is 11.1 Å². The van der Waals surface area contributed by atoms with Gasteiger partial charge in [0.2, 0.25) is 5.91 Å². The van der Waals surface area contributed by atoms with Crippen molar-refractivity contribution in [3.05, 3.63) is 0 Å². The van der Waals surface area contributed by atoms with E-state index in [1.807, 2.05) is 34.6 Å². The van der Waals surface area contributed by atoms with Crippen molar-refractivity contribution in [1.82, 2.24) is 4.90 Å². The summed E-state index contributed by atoms with van der Waals surface area (Å²) in [4.78, 5) is 14.0. The van der Waals surface area contributed by atoms with Crippen LogP contribution in [-0.4, -0.2) is 29.4 Å². The van der Waals surface area contributed by atoms with Crippen LogP contribution in [0.4, 0.5) is 0 Å². The number of carbonyl (C=O) groups is 1. The Morgan fingerprint density at radius 3 is 2.19 bits per heavy atom. The summed E-state index contributed by atoms with van der Waals surface area (Å²) < 4.78 is 0. The van der Waals surface area contributed by atoms with Crippen LogP contribution in [0.2, 0.25) is 0 Å². The summed E-state index contributed by atoms with van der Waals surface area (Å²) >= 11 is 0. The first-order valence-corrected chi connectivity index (χ1v) is 5.63. The molecule has 0 saturated heterocycles. The second kappa shape index (κ2) is 5.31. The molecule has 2 N–H and O–H groups in total. The Balaban J connectivity index is 4.82. The average molecular weight is 225 g/mol. The van der Waals surface area contributed by atoms with Crippen molar-refractivity contribution in [3.63, 3.8) is 0 Å². The molecule has 0 heterocycles. The van der Waals surface area contributed by atoms with E-state index < -0.39 is 11.0 Å². The third-order valence-corrected chi connectivity index (χ3v) is 3.31. The highest BCUT2D eigenvalue weighted by molar-refractivity contribution is 5.83. The molecule has 4 heteroatoms. The summed E-state index contributed by atoms with van der Waals surface area (Å²) in [6, 6.07) is 2.05. The number of rotatable bonds is 5. The second-order valence-electron chi connectivity index (χ2n) is 5.14. The van der Waals surface area contributed by atoms with Gasteiger partial charge in [-0.3, -0.25) is 4.79 Å². The molecule has 0 aromatic heterocycles. The van der Waals surface area contributed by atoms with E-state index in [9.17, 15) is 4.79 Å². The van der Waals surface area contributed by atoms with Crippen molar-refractivity contribution in [2.45, 2.75) is 46.6 Å². The fraction of sp³-hybridized carbons (Fsp3) is 0.833. The van der Waals surface area contributed by atoms with E-state index in [2.05, 4.69) is 6.07 Å². The molecule has 0 saturated carbocycles. The number of hydrogen-bond donors (Lipinski definition) is 1. The quantitative estimate of drug-likeness (QED) is 0.771. The van der Waals surface area contributed by atoms with Crippen molar-refractivity contribution in [1.29, 1.82) is 5.26 Å². The van der Waals surface area contributed by atoms with Crippen molar-refractivity contribution in [3.8, 4) is 6.07 Å². The predicted molar refractivity (Wildman–Crippen MR) is 64.5 cm³/mol. The Morgan fingerprint density at radius 1 is 1.38 bits per heavy atom. The van der Waals surface area contributed by atoms with Crippen molar-refractivity contribution < 1.29 is 4.79 Å². The minimum Gasteiger partial charge on any atom is -0.341 e. The lowest BCUT2D eigenvalue weighted by atomic mass is 9.74. The van der Waals surface area contributed by atoms with E-state index in [-0.39, 0.29) is 5.91 Å². The summed E-state index contributed by atoms with van der Waals surface area (Å²) in [5.74, 6) is 0.0118. The van der Waals surface area contributed by atoms with Crippen LogP contribution in [0.15, 0.2) is 0 Å². The van der Waals surface area contributed by atoms with E-state index in [1.54, 1.807) is 4.90 Å². The molecule has 4 nitrogen and oxygen atoms in total. The molecule has 0 atom stereocenters. The molecule has 0 aliphatic heterocycles. The Morgan fingerprint density at radius 2 is 1.88 bits per heavy atom. The highest BCUT2D eigenvalue weighted by Gasteiger charge is 2.42. The van der Waals surface area contributed by atoms with E-state index in [1.165, 1.54) is 0 Å². The Bertz CT molecular complexity index is 284. The third kappa shape index (κ3) is 3.21. The van der Waals surface area contributed by atoms with Crippen LogP contribution in [0.25, 0.3) is 0 Å². The van der Waals surface area contributed by atoms with Gasteiger partial charge in [-0.05, 0) is 34.6 Å². The largest absolute Gasteiger partial charge is 0.341 e. The summed E-state index contributed by atoms with van der Waals surface area (Å²) in [7, 11) is 0. The highest BCUT2D eigenvalue weighted by Crippen LogP contribution is 2.30. The van der Waals surface area contributed by atoms with E-state index >= 15 is 0 Å². The van der Waals surface area contributed by atoms with Gasteiger partial charge in [0.1, 0.15) is 0 Å². The Kier molecular flexibility index (Phi) is 4.95. The zero-order valence-electron chi connectivity index (χ0n) is 11.0. The first-order chi connectivity index (χ1) is 7.18. The van der Waals surface area contributed by atoms with Gasteiger partial charge in [-0.15, -0.1) is 0 Å². The number of nitrogens with zero attached hydrogens (tertiary/aromatic N) is 2. The molecule has 0 aliphatic rings. The lowest BCUT2D eigenvalue weighted by Gasteiger charge is -2.40. The normalized spacial score (nSPS) is 12.1. The lowest BCUT2D eigenvalue weighted by Crippen LogP contribution is -2.56. The van der Waals surface area contributed by atoms with Crippen LogP contribution in [0.1, 0.15) is 41.0 Å². The molecule has 0 aromatic rings. The fourth-order valence-electron chi connectivity index (χ4n) is 1.26. The maximum atomic E-state index is 12.3. The summed E-state index contributed by atoms with van der Waals surface area (Å²) in [5, 5.41) is 8.54. The molecular formula is C12H23N3O. The van der Waals surface area contributed by atoms with Gasteiger partial charge >= 0.3 is 0 Å². The third-order valence-electron chi connectivity index (χ3n) is 3.31. The summed E-state index contributed by atoms with van der Waals surface area (Å²) in [6.07, 6.45) is 0.362. The van der Waals surface area contributed by atoms with Gasteiger partial charge in [0.15, 0.2) is 0 Å². The summed E-state index contributed by atoms with van der Waals surface area (Å²) in [5.41, 5.74) is 4.82. The molecule has 0 bridgehead atoms. The molecule has 0 aromatic carbocycles. The molecule has 0 fully saturated rings. The summed E-state index contributed by atoms with van der Waals surface area (Å²) in [6.45, 7) is 10.4. The van der Waals surface area contributed by atoms with Crippen molar-refractivity contribution in [2.75, 3.05) is 13.1 Å². The van der Waals surface area contributed by atoms with Crippen molar-refractivity contribution >= 4 is 5.91 Å². The van der Waals surface area contributed by atoms with Gasteiger partial charge < -0.3 is 10.6 Å². The zero-order valence-corrected chi connectivity index (χ0v) is 11.0. The van der Waals surface area contributed by atoms with Gasteiger partial charge in [0.25, 0.3) is 0 Å². The average Bonchev–Trinajstić information content (AvgIpc) is 2.16. The highest BCUT2D eigenvalue weighted by atomic mass is 16.2. The van der Waals surface area contributed by atoms with Gasteiger partial charge in [0.05, 0.1) is 17.9 Å². The van der Waals surface area contributed by atoms with Crippen LogP contribution in [0.5, 0.6) is 0 Å². The molecule has 0 rings (SSSR count). The standard InChI is InChI=1S/C12H23N3O/c1-6-15(9-7-8-13)10(16)11(2,3)12(4,5)14/h6-7,9,14H2,1-5H3. The first-order valence-electron chi connectivity index (χ1n) is 5.63. The SMILES string of the molecule is CCN(CCC#N)C(=O)C(C)(C)C(C)(C)N. The van der Waals surface area contributed by atoms with Gasteiger partial charge in [0, 0.05) is 18.6 Å². The van der Waals surface area contributed by atoms with E-state index in [4.69, 9.17) is 11.0 Å². The predicted octanol–water partition coefficient (Wildman–Crippen LogP) is 1.51. The van der Waals surface area contributed by atoms with Crippen LogP contribution in [0, 0.1) is 16.7 Å². The molecule has 92 valence electrons. The Labute approximate surface area is 98.4 Å². The van der Waals surface area contributed by atoms with Gasteiger partial charge in [-0.2, -0.15) is 5.26 Å². The van der Waals surface area contributed by atoms with Crippen LogP contribution < -0.4 is 5.73 Å². The number of carbonyl (C=O) groups excluding carboxylic acids is 1. The minimum atomic E-state index is -0.627. The molecule has 1 amide bonds. The zero-order chi connectivity index (χ0) is 13.0. The van der Waals surface area contributed by atoms with E-state index in [0.717, 1.165) is 0 Å². The first kappa shape index (κ1) is 14.9. The maximum absolute atomic E-state index is 12.3. The molecule has 0 radical (unpaired) electrons. The second-order valence-corrected chi connectivity index (χ2v) is 5.14. The fourth-order valence-corrected chi connectivity index (χ4v) is 1.26. The van der Waals surface area contributed by atoms with Crippen LogP contribution in [0.3, 0.4) is 0 Å². The van der Waals surface area contributed by atoms with Gasteiger partial charge in [-0.1, -0.05) is 0 Å². The van der Waals surface area contributed by atoms with Crippen LogP contribution >= 0.6 is 0 Å². The topological polar surface area (TPSA) is 70.1 Å². The molecule has 0 spiro atoms. The molecule has 16 heavy (non-hydrogen) atoms. The molecule has 0 aliphatic carbocycles. The minimum absolute atomic E-state index is 0.0118. The molecule has 0 unspecified atom stereocenters. The number of nitrogens with two attached hydrogens (primary N) is 1. The monoisotopic (exact) mass is 225 g/mol. The smallest absolute Gasteiger partial charge is 0.230 e. The number of amides is 1. The molecular weight excluding hydrogens is 202 g/mol. The number of nitriles is 1. The lowest BCUT2D eigenvalue weighted by molar-refractivity contribution is -0.143. The Hall–Kier alpha value is -1.08. The van der Waals surface area contributed by atoms with E-state index in [0.29, 0.717) is 19.5 Å².